The number of carbonyl (C=O) groups is 3. The number of aliphatic hydroxyl groups excluding tert-OH is 1. The number of hydrogen-bond acceptors (Lipinski definition) is 8. The molecule has 0 aromatic rings. The van der Waals surface area contributed by atoms with E-state index in [0.29, 0.717) is 37.5 Å². The van der Waals surface area contributed by atoms with Crippen LogP contribution in [-0.4, -0.2) is 105 Å². The lowest BCUT2D eigenvalue weighted by Crippen LogP contribution is -2.63. The Kier molecular flexibility index (Phi) is 6.61. The molecule has 4 heterocycles. The van der Waals surface area contributed by atoms with Crippen LogP contribution in [0.1, 0.15) is 27.2 Å². The molecule has 3 saturated heterocycles. The number of nitrogens with one attached hydrogen (secondary N) is 2. The van der Waals surface area contributed by atoms with Crippen LogP contribution in [-0.2, 0) is 14.3 Å². The zero-order valence-electron chi connectivity index (χ0n) is 18.9. The second kappa shape index (κ2) is 9.15. The van der Waals surface area contributed by atoms with Gasteiger partial charge in [-0.05, 0) is 20.3 Å². The van der Waals surface area contributed by atoms with Gasteiger partial charge < -0.3 is 30.1 Å². The SMILES string of the molecule is CC(O)C1C(=O)N2C(OC(=O)O)=C(SC3CNC(C(=O)N4CCN(C=N)CC4C)C3)C(C)[C@@H]12. The first-order valence-electron chi connectivity index (χ1n) is 11.2. The molecule has 4 aliphatic rings. The molecule has 2 amide bonds. The summed E-state index contributed by atoms with van der Waals surface area (Å²) >= 11 is 1.45. The summed E-state index contributed by atoms with van der Waals surface area (Å²) in [6, 6.07) is -0.644. The van der Waals surface area contributed by atoms with Crippen LogP contribution in [0.15, 0.2) is 10.8 Å². The van der Waals surface area contributed by atoms with Gasteiger partial charge in [0.05, 0.1) is 35.3 Å². The highest BCUT2D eigenvalue weighted by Gasteiger charge is 2.60. The molecule has 12 heteroatoms. The lowest BCUT2D eigenvalue weighted by atomic mass is 9.79. The van der Waals surface area contributed by atoms with E-state index >= 15 is 0 Å². The van der Waals surface area contributed by atoms with Crippen LogP contribution in [0.25, 0.3) is 0 Å². The van der Waals surface area contributed by atoms with E-state index in [-0.39, 0.29) is 47.0 Å². The van der Waals surface area contributed by atoms with Crippen LogP contribution >= 0.6 is 11.8 Å². The Hall–Kier alpha value is -2.31. The first-order valence-corrected chi connectivity index (χ1v) is 12.1. The van der Waals surface area contributed by atoms with Crippen molar-refractivity contribution in [2.45, 2.75) is 56.7 Å². The van der Waals surface area contributed by atoms with Crippen molar-refractivity contribution in [2.24, 2.45) is 11.8 Å². The number of ether oxygens (including phenoxy) is 1. The molecule has 3 fully saturated rings. The normalized spacial score (nSPS) is 34.8. The Morgan fingerprint density at radius 2 is 2.06 bits per heavy atom. The minimum absolute atomic E-state index is 0.0146. The lowest BCUT2D eigenvalue weighted by Gasteiger charge is -2.45. The van der Waals surface area contributed by atoms with Gasteiger partial charge in [-0.25, -0.2) is 4.79 Å². The Labute approximate surface area is 196 Å². The maximum absolute atomic E-state index is 13.1. The predicted molar refractivity (Wildman–Crippen MR) is 120 cm³/mol. The molecule has 33 heavy (non-hydrogen) atoms. The van der Waals surface area contributed by atoms with E-state index in [1.807, 2.05) is 23.6 Å². The average Bonchev–Trinajstić information content (AvgIpc) is 3.29. The molecule has 7 atom stereocenters. The molecule has 0 aliphatic carbocycles. The minimum atomic E-state index is -1.49. The Morgan fingerprint density at radius 1 is 1.33 bits per heavy atom. The van der Waals surface area contributed by atoms with Gasteiger partial charge in [-0.1, -0.05) is 6.92 Å². The first-order chi connectivity index (χ1) is 15.6. The number of piperazine rings is 1. The van der Waals surface area contributed by atoms with Crippen molar-refractivity contribution in [1.82, 2.24) is 20.0 Å². The molecular formula is C21H31N5O6S. The van der Waals surface area contributed by atoms with Crippen molar-refractivity contribution in [1.29, 1.82) is 5.41 Å². The third-order valence-corrected chi connectivity index (χ3v) is 8.55. The molecule has 0 spiro atoms. The fourth-order valence-corrected chi connectivity index (χ4v) is 6.82. The number of nitrogens with zero attached hydrogens (tertiary/aromatic N) is 3. The Balaban J connectivity index is 1.44. The molecule has 0 aromatic carbocycles. The first kappa shape index (κ1) is 23.8. The maximum atomic E-state index is 13.1. The molecule has 4 aliphatic heterocycles. The highest BCUT2D eigenvalue weighted by atomic mass is 32.2. The van der Waals surface area contributed by atoms with Crippen LogP contribution in [0, 0.1) is 17.2 Å². The summed E-state index contributed by atoms with van der Waals surface area (Å²) in [6.07, 6.45) is -0.431. The number of aliphatic hydroxyl groups is 1. The van der Waals surface area contributed by atoms with Crippen molar-refractivity contribution in [3.8, 4) is 0 Å². The zero-order chi connectivity index (χ0) is 24.0. The maximum Gasteiger partial charge on any atom is 0.512 e. The lowest BCUT2D eigenvalue weighted by molar-refractivity contribution is -0.163. The van der Waals surface area contributed by atoms with Gasteiger partial charge in [0.1, 0.15) is 0 Å². The average molecular weight is 482 g/mol. The number of hydrogen-bond donors (Lipinski definition) is 4. The number of fused-ring (bicyclic) bond motifs is 1. The summed E-state index contributed by atoms with van der Waals surface area (Å²) in [7, 11) is 0. The summed E-state index contributed by atoms with van der Waals surface area (Å²) in [5.41, 5.74) is 0. The predicted octanol–water partition coefficient (Wildman–Crippen LogP) is 0.311. The number of thioether (sulfide) groups is 1. The van der Waals surface area contributed by atoms with E-state index in [2.05, 4.69) is 5.32 Å². The van der Waals surface area contributed by atoms with E-state index in [9.17, 15) is 24.6 Å². The summed E-state index contributed by atoms with van der Waals surface area (Å²) in [6.45, 7) is 7.88. The number of carboxylic acid groups (broad SMARTS) is 1. The van der Waals surface area contributed by atoms with E-state index in [4.69, 9.17) is 10.1 Å². The monoisotopic (exact) mass is 481 g/mol. The van der Waals surface area contributed by atoms with Gasteiger partial charge in [0.15, 0.2) is 0 Å². The molecule has 0 saturated carbocycles. The van der Waals surface area contributed by atoms with Gasteiger partial charge in [0, 0.05) is 43.4 Å². The van der Waals surface area contributed by atoms with E-state index < -0.39 is 18.2 Å². The number of β-lactam (4-membered cyclic amide) rings is 1. The van der Waals surface area contributed by atoms with Crippen LogP contribution in [0.2, 0.25) is 0 Å². The van der Waals surface area contributed by atoms with Gasteiger partial charge >= 0.3 is 6.16 Å². The quantitative estimate of drug-likeness (QED) is 0.182. The number of rotatable bonds is 6. The van der Waals surface area contributed by atoms with Gasteiger partial charge in [0.2, 0.25) is 17.7 Å². The fourth-order valence-electron chi connectivity index (χ4n) is 5.39. The van der Waals surface area contributed by atoms with Crippen LogP contribution in [0.3, 0.4) is 0 Å². The van der Waals surface area contributed by atoms with Crippen molar-refractivity contribution >= 4 is 36.1 Å². The van der Waals surface area contributed by atoms with E-state index in [0.717, 1.165) is 0 Å². The molecule has 0 radical (unpaired) electrons. The van der Waals surface area contributed by atoms with Crippen LogP contribution in [0.4, 0.5) is 4.79 Å². The summed E-state index contributed by atoms with van der Waals surface area (Å²) in [5.74, 6) is -1.01. The molecular weight excluding hydrogens is 450 g/mol. The van der Waals surface area contributed by atoms with Crippen molar-refractivity contribution in [3.63, 3.8) is 0 Å². The highest BCUT2D eigenvalue weighted by Crippen LogP contribution is 2.52. The Bertz CT molecular complexity index is 881. The van der Waals surface area contributed by atoms with Gasteiger partial charge in [-0.2, -0.15) is 0 Å². The molecule has 0 aromatic heterocycles. The van der Waals surface area contributed by atoms with Crippen molar-refractivity contribution in [2.75, 3.05) is 26.2 Å². The summed E-state index contributed by atoms with van der Waals surface area (Å²) < 4.78 is 5.02. The molecule has 4 N–H and O–H groups in total. The van der Waals surface area contributed by atoms with Crippen molar-refractivity contribution < 1.29 is 29.3 Å². The summed E-state index contributed by atoms with van der Waals surface area (Å²) in [4.78, 5) is 42.8. The fraction of sp³-hybridized carbons (Fsp3) is 0.714. The standard InChI is InChI=1S/C21H31N5O6S/c1-10-8-24(9-22)4-5-25(10)18(28)14-6-13(7-23-14)33-17-11(2)16-15(12(3)27)19(29)26(16)20(17)32-21(30)31/h9-16,22-23,27H,4-8H2,1-3H3,(H,30,31)/t10?,11?,12?,13?,14?,15?,16-/m0/s1. The van der Waals surface area contributed by atoms with Gasteiger partial charge in [0.25, 0.3) is 0 Å². The van der Waals surface area contributed by atoms with Crippen LogP contribution in [0.5, 0.6) is 0 Å². The van der Waals surface area contributed by atoms with E-state index in [1.165, 1.54) is 23.0 Å². The van der Waals surface area contributed by atoms with Crippen molar-refractivity contribution in [3.05, 3.63) is 10.8 Å². The molecule has 0 bridgehead atoms. The van der Waals surface area contributed by atoms with E-state index in [1.54, 1.807) is 6.92 Å². The summed E-state index contributed by atoms with van der Waals surface area (Å²) in [5, 5.41) is 30.0. The Morgan fingerprint density at radius 3 is 2.67 bits per heavy atom. The van der Waals surface area contributed by atoms with Gasteiger partial charge in [-0.3, -0.25) is 19.9 Å². The third-order valence-electron chi connectivity index (χ3n) is 7.05. The minimum Gasteiger partial charge on any atom is -0.449 e. The topological polar surface area (TPSA) is 146 Å². The second-order valence-electron chi connectivity index (χ2n) is 9.23. The second-order valence-corrected chi connectivity index (χ2v) is 10.6. The number of carbonyl (C=O) groups excluding carboxylic acids is 2. The van der Waals surface area contributed by atoms with Crippen LogP contribution < -0.4 is 5.32 Å². The molecule has 11 nitrogen and oxygen atoms in total. The van der Waals surface area contributed by atoms with Gasteiger partial charge in [-0.15, -0.1) is 11.8 Å². The number of amides is 2. The largest absolute Gasteiger partial charge is 0.512 e. The zero-order valence-corrected chi connectivity index (χ0v) is 19.7. The molecule has 4 rings (SSSR count). The smallest absolute Gasteiger partial charge is 0.449 e. The highest BCUT2D eigenvalue weighted by molar-refractivity contribution is 8.03. The third kappa shape index (κ3) is 4.19. The molecule has 6 unspecified atom stereocenters. The molecule has 182 valence electrons.